The number of piperidine rings is 2. The van der Waals surface area contributed by atoms with Gasteiger partial charge in [-0.1, -0.05) is 26.2 Å². The highest BCUT2D eigenvalue weighted by Gasteiger charge is 2.36. The first-order valence-corrected chi connectivity index (χ1v) is 13.1. The first-order valence-electron chi connectivity index (χ1n) is 13.1. The normalized spacial score (nSPS) is 25.6. The average molecular weight is 446 g/mol. The molecule has 3 heterocycles. The summed E-state index contributed by atoms with van der Waals surface area (Å²) in [6, 6.07) is 3.85. The van der Waals surface area contributed by atoms with Crippen LogP contribution < -0.4 is 0 Å². The van der Waals surface area contributed by atoms with Gasteiger partial charge in [0.05, 0.1) is 12.3 Å². The van der Waals surface area contributed by atoms with Crippen LogP contribution in [0, 0.1) is 11.3 Å². The van der Waals surface area contributed by atoms with Crippen LogP contribution in [0.2, 0.25) is 0 Å². The Morgan fingerprint density at radius 3 is 2.56 bits per heavy atom. The molecule has 0 bridgehead atoms. The van der Waals surface area contributed by atoms with Gasteiger partial charge in [-0.15, -0.1) is 0 Å². The Balaban J connectivity index is 1.36. The number of hydrogen-bond donors (Lipinski definition) is 1. The Bertz CT molecular complexity index is 688. The van der Waals surface area contributed by atoms with Crippen LogP contribution in [0.5, 0.6) is 0 Å². The van der Waals surface area contributed by atoms with Crippen molar-refractivity contribution in [3.05, 3.63) is 24.2 Å². The van der Waals surface area contributed by atoms with Gasteiger partial charge in [0.1, 0.15) is 0 Å². The number of furan rings is 1. The molecular formula is C26H43N3O3. The molecule has 3 fully saturated rings. The van der Waals surface area contributed by atoms with Crippen LogP contribution in [0.1, 0.15) is 88.1 Å². The second-order valence-electron chi connectivity index (χ2n) is 10.6. The number of hydrazine groups is 1. The monoisotopic (exact) mass is 445 g/mol. The summed E-state index contributed by atoms with van der Waals surface area (Å²) in [5, 5.41) is 14.0. The summed E-state index contributed by atoms with van der Waals surface area (Å²) >= 11 is 0. The van der Waals surface area contributed by atoms with Crippen molar-refractivity contribution in [2.24, 2.45) is 11.3 Å². The molecule has 4 rings (SSSR count). The second kappa shape index (κ2) is 11.2. The smallest absolute Gasteiger partial charge is 0.304 e. The van der Waals surface area contributed by atoms with Crippen molar-refractivity contribution in [3.63, 3.8) is 0 Å². The SMILES string of the molecule is CC1CCCN(N(C(=O)c2ccco2)C2CCN(CCC3(CCO)CCCCC3)CC2)C1. The molecule has 32 heavy (non-hydrogen) atoms. The van der Waals surface area contributed by atoms with Crippen molar-refractivity contribution in [2.45, 2.75) is 83.6 Å². The van der Waals surface area contributed by atoms with E-state index in [1.54, 1.807) is 18.4 Å². The zero-order valence-corrected chi connectivity index (χ0v) is 20.0. The van der Waals surface area contributed by atoms with Crippen LogP contribution in [0.4, 0.5) is 0 Å². The van der Waals surface area contributed by atoms with Crippen LogP contribution in [-0.4, -0.2) is 71.3 Å². The maximum Gasteiger partial charge on any atom is 0.304 e. The van der Waals surface area contributed by atoms with Crippen molar-refractivity contribution >= 4 is 5.91 Å². The Hall–Kier alpha value is -1.37. The lowest BCUT2D eigenvalue weighted by molar-refractivity contribution is -0.0716. The van der Waals surface area contributed by atoms with Gasteiger partial charge in [0.15, 0.2) is 5.76 Å². The lowest BCUT2D eigenvalue weighted by atomic mass is 9.69. The molecule has 0 radical (unpaired) electrons. The largest absolute Gasteiger partial charge is 0.459 e. The minimum atomic E-state index is 0.0201. The molecule has 2 aliphatic heterocycles. The Labute approximate surface area is 193 Å². The summed E-state index contributed by atoms with van der Waals surface area (Å²) in [7, 11) is 0. The number of likely N-dealkylation sites (tertiary alicyclic amines) is 1. The molecule has 3 aliphatic rings. The molecule has 1 amide bonds. The third-order valence-corrected chi connectivity index (χ3v) is 8.30. The number of hydrogen-bond acceptors (Lipinski definition) is 5. The van der Waals surface area contributed by atoms with Crippen LogP contribution in [0.3, 0.4) is 0 Å². The van der Waals surface area contributed by atoms with Gasteiger partial charge in [0, 0.05) is 32.8 Å². The fraction of sp³-hybridized carbons (Fsp3) is 0.808. The maximum atomic E-state index is 13.4. The van der Waals surface area contributed by atoms with E-state index in [1.807, 2.05) is 0 Å². The van der Waals surface area contributed by atoms with Gasteiger partial charge in [0.25, 0.3) is 0 Å². The molecule has 180 valence electrons. The van der Waals surface area contributed by atoms with E-state index in [9.17, 15) is 9.90 Å². The van der Waals surface area contributed by atoms with Crippen molar-refractivity contribution in [3.8, 4) is 0 Å². The highest BCUT2D eigenvalue weighted by atomic mass is 16.3. The van der Waals surface area contributed by atoms with Crippen LogP contribution in [-0.2, 0) is 0 Å². The van der Waals surface area contributed by atoms with Crippen molar-refractivity contribution in [1.82, 2.24) is 14.9 Å². The van der Waals surface area contributed by atoms with Crippen LogP contribution in [0.25, 0.3) is 0 Å². The zero-order chi connectivity index (χ0) is 22.4. The molecule has 0 spiro atoms. The van der Waals surface area contributed by atoms with Gasteiger partial charge in [-0.2, -0.15) is 0 Å². The molecule has 1 aromatic rings. The number of aliphatic hydroxyl groups is 1. The van der Waals surface area contributed by atoms with Gasteiger partial charge in [-0.05, 0) is 81.4 Å². The van der Waals surface area contributed by atoms with Crippen LogP contribution >= 0.6 is 0 Å². The van der Waals surface area contributed by atoms with E-state index in [-0.39, 0.29) is 11.9 Å². The van der Waals surface area contributed by atoms with Gasteiger partial charge in [-0.3, -0.25) is 9.80 Å². The Kier molecular flexibility index (Phi) is 8.30. The fourth-order valence-corrected chi connectivity index (χ4v) is 6.35. The van der Waals surface area contributed by atoms with E-state index in [1.165, 1.54) is 44.9 Å². The highest BCUT2D eigenvalue weighted by molar-refractivity contribution is 5.91. The number of nitrogens with zero attached hydrogens (tertiary/aromatic N) is 3. The maximum absolute atomic E-state index is 13.4. The summed E-state index contributed by atoms with van der Waals surface area (Å²) < 4.78 is 5.50. The van der Waals surface area contributed by atoms with Crippen molar-refractivity contribution in [2.75, 3.05) is 39.3 Å². The Morgan fingerprint density at radius 2 is 1.91 bits per heavy atom. The lowest BCUT2D eigenvalue weighted by Gasteiger charge is -2.46. The fourth-order valence-electron chi connectivity index (χ4n) is 6.35. The summed E-state index contributed by atoms with van der Waals surface area (Å²) in [6.07, 6.45) is 14.7. The van der Waals surface area contributed by atoms with E-state index < -0.39 is 0 Å². The van der Waals surface area contributed by atoms with E-state index >= 15 is 0 Å². The summed E-state index contributed by atoms with van der Waals surface area (Å²) in [6.45, 7) is 7.74. The topological polar surface area (TPSA) is 60.2 Å². The minimum Gasteiger partial charge on any atom is -0.459 e. The summed E-state index contributed by atoms with van der Waals surface area (Å²) in [5.74, 6) is 1.09. The molecule has 1 atom stereocenters. The number of rotatable bonds is 8. The molecule has 1 unspecified atom stereocenters. The average Bonchev–Trinajstić information content (AvgIpc) is 3.35. The molecule has 1 N–H and O–H groups in total. The quantitative estimate of drug-likeness (QED) is 0.636. The van der Waals surface area contributed by atoms with E-state index in [4.69, 9.17) is 4.42 Å². The minimum absolute atomic E-state index is 0.0201. The molecular weight excluding hydrogens is 402 g/mol. The molecule has 6 heteroatoms. The molecule has 1 aromatic heterocycles. The van der Waals surface area contributed by atoms with Crippen LogP contribution in [0.15, 0.2) is 22.8 Å². The lowest BCUT2D eigenvalue weighted by Crippen LogP contribution is -2.57. The molecule has 6 nitrogen and oxygen atoms in total. The van der Waals surface area contributed by atoms with Gasteiger partial charge in [0.2, 0.25) is 0 Å². The molecule has 1 saturated carbocycles. The zero-order valence-electron chi connectivity index (χ0n) is 20.0. The van der Waals surface area contributed by atoms with Gasteiger partial charge in [-0.25, -0.2) is 5.01 Å². The van der Waals surface area contributed by atoms with Gasteiger partial charge < -0.3 is 14.4 Å². The third-order valence-electron chi connectivity index (χ3n) is 8.30. The predicted molar refractivity (Wildman–Crippen MR) is 126 cm³/mol. The van der Waals surface area contributed by atoms with E-state index in [0.717, 1.165) is 58.4 Å². The summed E-state index contributed by atoms with van der Waals surface area (Å²) in [4.78, 5) is 16.0. The predicted octanol–water partition coefficient (Wildman–Crippen LogP) is 4.56. The van der Waals surface area contributed by atoms with E-state index in [2.05, 4.69) is 21.8 Å². The number of carbonyl (C=O) groups is 1. The van der Waals surface area contributed by atoms with E-state index in [0.29, 0.717) is 23.7 Å². The summed E-state index contributed by atoms with van der Waals surface area (Å²) in [5.41, 5.74) is 0.356. The number of carbonyl (C=O) groups excluding carboxylic acids is 1. The molecule has 1 aliphatic carbocycles. The Morgan fingerprint density at radius 1 is 1.12 bits per heavy atom. The van der Waals surface area contributed by atoms with Crippen molar-refractivity contribution in [1.29, 1.82) is 0 Å². The first kappa shape index (κ1) is 23.8. The number of aliphatic hydroxyl groups excluding tert-OH is 1. The molecule has 2 saturated heterocycles. The molecule has 0 aromatic carbocycles. The highest BCUT2D eigenvalue weighted by Crippen LogP contribution is 2.42. The first-order chi connectivity index (χ1) is 15.6. The van der Waals surface area contributed by atoms with Crippen molar-refractivity contribution < 1.29 is 14.3 Å². The van der Waals surface area contributed by atoms with Gasteiger partial charge >= 0.3 is 5.91 Å². The second-order valence-corrected chi connectivity index (χ2v) is 10.6. The number of amides is 1. The standard InChI is InChI=1S/C26H43N3O3/c1-22-7-5-15-28(21-22)29(25(31)24-8-6-20-32-24)23-9-16-27(17-10-23)18-13-26(14-19-30)11-3-2-4-12-26/h6,8,20,22-23,30H,2-5,7,9-19,21H2,1H3. The third kappa shape index (κ3) is 5.75.